The molecule has 2 aromatic rings. The maximum absolute atomic E-state index is 15.1. The fraction of sp³-hybridized carbons (Fsp3) is 0.552. The number of rotatable bonds is 9. The summed E-state index contributed by atoms with van der Waals surface area (Å²) in [5, 5.41) is 22.8. The molecule has 4 N–H and O–H groups in total. The van der Waals surface area contributed by atoms with Crippen molar-refractivity contribution in [2.75, 3.05) is 33.4 Å². The number of hydrogen-bond acceptors (Lipinski definition) is 6. The first kappa shape index (κ1) is 28.9. The standard InChI is InChI=1S/C29H38ClFN2O5/c1-18-8-9-23(31)20(14-18)27-21(6-5-7-22(27)30)29(36,10-3-4-12-37-2)26-17-33(11-13-38-26)28(35)19-15-24(32)25(34)16-19/h5-9,14,19,24-26,34,36H,3-4,10-13,15-17,32H2,1-2H3/t19-,24+,25-,26?,29+/m0/s1. The molecule has 1 aliphatic carbocycles. The Labute approximate surface area is 228 Å². The van der Waals surface area contributed by atoms with Crippen LogP contribution in [0.1, 0.15) is 43.2 Å². The molecule has 2 aromatic carbocycles. The lowest BCUT2D eigenvalue weighted by Gasteiger charge is -2.44. The van der Waals surface area contributed by atoms with E-state index in [0.717, 1.165) is 5.56 Å². The van der Waals surface area contributed by atoms with Crippen LogP contribution in [-0.2, 0) is 19.9 Å². The van der Waals surface area contributed by atoms with Crippen molar-refractivity contribution in [1.82, 2.24) is 4.90 Å². The average molecular weight is 549 g/mol. The van der Waals surface area contributed by atoms with Crippen molar-refractivity contribution in [1.29, 1.82) is 0 Å². The van der Waals surface area contributed by atoms with E-state index in [1.54, 1.807) is 42.3 Å². The van der Waals surface area contributed by atoms with Crippen LogP contribution in [0.5, 0.6) is 0 Å². The number of unbranched alkanes of at least 4 members (excludes halogenated alkanes) is 1. The molecule has 1 saturated heterocycles. The molecule has 9 heteroatoms. The van der Waals surface area contributed by atoms with Crippen LogP contribution in [-0.4, -0.2) is 72.7 Å². The van der Waals surface area contributed by atoms with Gasteiger partial charge >= 0.3 is 0 Å². The van der Waals surface area contributed by atoms with Crippen molar-refractivity contribution in [2.24, 2.45) is 11.7 Å². The number of nitrogens with two attached hydrogens (primary N) is 1. The van der Waals surface area contributed by atoms with Crippen LogP contribution in [0, 0.1) is 18.7 Å². The second-order valence-corrected chi connectivity index (χ2v) is 11.0. The van der Waals surface area contributed by atoms with Crippen LogP contribution in [0.15, 0.2) is 36.4 Å². The van der Waals surface area contributed by atoms with E-state index in [9.17, 15) is 15.0 Å². The molecule has 5 atom stereocenters. The van der Waals surface area contributed by atoms with Crippen LogP contribution < -0.4 is 5.73 Å². The van der Waals surface area contributed by atoms with Gasteiger partial charge in [0.1, 0.15) is 17.5 Å². The maximum atomic E-state index is 15.1. The number of morpholine rings is 1. The fourth-order valence-electron chi connectivity index (χ4n) is 5.75. The normalized spacial score (nSPS) is 25.4. The number of hydrogen-bond donors (Lipinski definition) is 3. The Hall–Kier alpha value is -2.07. The molecule has 1 heterocycles. The lowest BCUT2D eigenvalue weighted by atomic mass is 9.78. The highest BCUT2D eigenvalue weighted by atomic mass is 35.5. The van der Waals surface area contributed by atoms with E-state index in [1.165, 1.54) is 6.07 Å². The van der Waals surface area contributed by atoms with Gasteiger partial charge in [0, 0.05) is 48.4 Å². The minimum absolute atomic E-state index is 0.0944. The third kappa shape index (κ3) is 6.06. The van der Waals surface area contributed by atoms with Gasteiger partial charge in [0.15, 0.2) is 0 Å². The number of aliphatic hydroxyl groups excluding tert-OH is 1. The summed E-state index contributed by atoms with van der Waals surface area (Å²) in [7, 11) is 1.63. The van der Waals surface area contributed by atoms with Crippen molar-refractivity contribution < 1.29 is 28.9 Å². The zero-order chi connectivity index (χ0) is 27.4. The van der Waals surface area contributed by atoms with Crippen LogP contribution >= 0.6 is 11.6 Å². The topological polar surface area (TPSA) is 105 Å². The van der Waals surface area contributed by atoms with Crippen molar-refractivity contribution in [3.63, 3.8) is 0 Å². The Balaban J connectivity index is 1.71. The van der Waals surface area contributed by atoms with Gasteiger partial charge in [-0.2, -0.15) is 0 Å². The van der Waals surface area contributed by atoms with E-state index in [0.29, 0.717) is 67.0 Å². The van der Waals surface area contributed by atoms with Gasteiger partial charge < -0.3 is 30.3 Å². The molecule has 2 aliphatic rings. The first-order valence-electron chi connectivity index (χ1n) is 13.3. The van der Waals surface area contributed by atoms with Crippen molar-refractivity contribution in [3.05, 3.63) is 58.4 Å². The Morgan fingerprint density at radius 2 is 2.08 bits per heavy atom. The summed E-state index contributed by atoms with van der Waals surface area (Å²) in [6.07, 6.45) is 0.911. The summed E-state index contributed by atoms with van der Waals surface area (Å²) in [6, 6.07) is 9.56. The minimum Gasteiger partial charge on any atom is -0.391 e. The molecule has 208 valence electrons. The van der Waals surface area contributed by atoms with Crippen LogP contribution in [0.4, 0.5) is 4.39 Å². The first-order valence-corrected chi connectivity index (χ1v) is 13.6. The van der Waals surface area contributed by atoms with Crippen LogP contribution in [0.25, 0.3) is 11.1 Å². The summed E-state index contributed by atoms with van der Waals surface area (Å²) in [6.45, 7) is 3.18. The van der Waals surface area contributed by atoms with Gasteiger partial charge in [-0.3, -0.25) is 4.79 Å². The van der Waals surface area contributed by atoms with E-state index >= 15 is 4.39 Å². The third-order valence-electron chi connectivity index (χ3n) is 7.86. The molecule has 0 aromatic heterocycles. The Morgan fingerprint density at radius 3 is 2.79 bits per heavy atom. The van der Waals surface area contributed by atoms with Gasteiger partial charge in [-0.05, 0) is 62.8 Å². The largest absolute Gasteiger partial charge is 0.391 e. The Bertz CT molecular complexity index is 1120. The lowest BCUT2D eigenvalue weighted by Crippen LogP contribution is -2.55. The average Bonchev–Trinajstić information content (AvgIpc) is 3.25. The van der Waals surface area contributed by atoms with Gasteiger partial charge in [-0.25, -0.2) is 4.39 Å². The highest BCUT2D eigenvalue weighted by Crippen LogP contribution is 2.44. The molecule has 1 amide bonds. The predicted octanol–water partition coefficient (Wildman–Crippen LogP) is 3.78. The number of carbonyl (C=O) groups is 1. The highest BCUT2D eigenvalue weighted by molar-refractivity contribution is 6.33. The number of halogens is 2. The summed E-state index contributed by atoms with van der Waals surface area (Å²) in [4.78, 5) is 15.1. The van der Waals surface area contributed by atoms with Gasteiger partial charge in [-0.1, -0.05) is 35.4 Å². The van der Waals surface area contributed by atoms with Gasteiger partial charge in [-0.15, -0.1) is 0 Å². The van der Waals surface area contributed by atoms with Crippen molar-refractivity contribution in [2.45, 2.75) is 62.9 Å². The number of methoxy groups -OCH3 is 1. The molecule has 0 bridgehead atoms. The summed E-state index contributed by atoms with van der Waals surface area (Å²) >= 11 is 6.67. The number of aliphatic hydroxyl groups is 2. The number of ether oxygens (including phenoxy) is 2. The van der Waals surface area contributed by atoms with E-state index in [4.69, 9.17) is 26.8 Å². The van der Waals surface area contributed by atoms with E-state index < -0.39 is 29.7 Å². The molecule has 1 saturated carbocycles. The van der Waals surface area contributed by atoms with E-state index in [2.05, 4.69) is 0 Å². The second-order valence-electron chi connectivity index (χ2n) is 10.6. The quantitative estimate of drug-likeness (QED) is 0.412. The zero-order valence-electron chi connectivity index (χ0n) is 22.0. The highest BCUT2D eigenvalue weighted by Gasteiger charge is 2.46. The van der Waals surface area contributed by atoms with Crippen LogP contribution in [0.3, 0.4) is 0 Å². The summed E-state index contributed by atoms with van der Waals surface area (Å²) < 4.78 is 26.5. The number of amides is 1. The molecule has 7 nitrogen and oxygen atoms in total. The van der Waals surface area contributed by atoms with Gasteiger partial charge in [0.2, 0.25) is 5.91 Å². The molecule has 1 aliphatic heterocycles. The molecule has 0 spiro atoms. The van der Waals surface area contributed by atoms with Gasteiger partial charge in [0.25, 0.3) is 0 Å². The molecular formula is C29H38ClFN2O5. The van der Waals surface area contributed by atoms with Crippen molar-refractivity contribution >= 4 is 17.5 Å². The smallest absolute Gasteiger partial charge is 0.226 e. The Kier molecular flexibility index (Phi) is 9.44. The SMILES string of the molecule is COCCCC[C@@](O)(c1cccc(Cl)c1-c1cc(C)ccc1F)C1CN(C(=O)[C@H]2C[C@@H](N)[C@@H](O)C2)CCO1. The summed E-state index contributed by atoms with van der Waals surface area (Å²) in [5.41, 5.74) is 6.44. The predicted molar refractivity (Wildman–Crippen MR) is 144 cm³/mol. The van der Waals surface area contributed by atoms with Crippen LogP contribution in [0.2, 0.25) is 5.02 Å². The molecular weight excluding hydrogens is 511 g/mol. The molecule has 2 fully saturated rings. The fourth-order valence-corrected chi connectivity index (χ4v) is 6.02. The molecule has 4 rings (SSSR count). The maximum Gasteiger partial charge on any atom is 0.226 e. The Morgan fingerprint density at radius 1 is 1.29 bits per heavy atom. The third-order valence-corrected chi connectivity index (χ3v) is 8.18. The monoisotopic (exact) mass is 548 g/mol. The molecule has 0 radical (unpaired) electrons. The second kappa shape index (κ2) is 12.4. The van der Waals surface area contributed by atoms with Crippen molar-refractivity contribution in [3.8, 4) is 11.1 Å². The number of nitrogens with zero attached hydrogens (tertiary/aromatic N) is 1. The first-order chi connectivity index (χ1) is 18.2. The molecule has 38 heavy (non-hydrogen) atoms. The van der Waals surface area contributed by atoms with E-state index in [1.807, 2.05) is 6.92 Å². The minimum atomic E-state index is -1.56. The lowest BCUT2D eigenvalue weighted by molar-refractivity contribution is -0.167. The zero-order valence-corrected chi connectivity index (χ0v) is 22.8. The van der Waals surface area contributed by atoms with Gasteiger partial charge in [0.05, 0.1) is 19.3 Å². The number of benzene rings is 2. The summed E-state index contributed by atoms with van der Waals surface area (Å²) in [5.74, 6) is -0.899. The number of carbonyl (C=O) groups excluding carboxylic acids is 1. The molecule has 1 unspecified atom stereocenters. The number of aryl methyl sites for hydroxylation is 1. The van der Waals surface area contributed by atoms with E-state index in [-0.39, 0.29) is 25.0 Å².